The summed E-state index contributed by atoms with van der Waals surface area (Å²) in [5.41, 5.74) is 2.07. The topological polar surface area (TPSA) is 65.8 Å². The Morgan fingerprint density at radius 1 is 1.17 bits per heavy atom. The predicted molar refractivity (Wildman–Crippen MR) is 116 cm³/mol. The van der Waals surface area contributed by atoms with Crippen molar-refractivity contribution in [1.82, 2.24) is 10.2 Å². The largest absolute Gasteiger partial charge is 0.468 e. The number of amides is 2. The SMILES string of the molecule is CCc1ccccc1N1CC(C(=O)NCC(c2ccco2)N2CCCCC2)CC1=O. The average molecular weight is 410 g/mol. The fourth-order valence-electron chi connectivity index (χ4n) is 4.65. The second kappa shape index (κ2) is 9.47. The van der Waals surface area contributed by atoms with E-state index < -0.39 is 0 Å². The zero-order valence-electron chi connectivity index (χ0n) is 17.7. The number of aryl methyl sites for hydroxylation is 1. The maximum absolute atomic E-state index is 12.9. The van der Waals surface area contributed by atoms with Crippen molar-refractivity contribution in [3.63, 3.8) is 0 Å². The van der Waals surface area contributed by atoms with Gasteiger partial charge in [-0.05, 0) is 56.1 Å². The Bertz CT molecular complexity index is 858. The molecule has 160 valence electrons. The lowest BCUT2D eigenvalue weighted by Gasteiger charge is -2.33. The van der Waals surface area contributed by atoms with Crippen LogP contribution in [0.2, 0.25) is 0 Å². The Kier molecular flexibility index (Phi) is 6.53. The summed E-state index contributed by atoms with van der Waals surface area (Å²) < 4.78 is 5.67. The molecule has 6 heteroatoms. The number of furan rings is 1. The van der Waals surface area contributed by atoms with Crippen LogP contribution in [0.4, 0.5) is 5.69 Å². The zero-order valence-corrected chi connectivity index (χ0v) is 17.7. The van der Waals surface area contributed by atoms with Gasteiger partial charge in [0.25, 0.3) is 0 Å². The third-order valence-electron chi connectivity index (χ3n) is 6.33. The van der Waals surface area contributed by atoms with E-state index in [-0.39, 0.29) is 30.2 Å². The summed E-state index contributed by atoms with van der Waals surface area (Å²) in [6.07, 6.45) is 6.42. The van der Waals surface area contributed by atoms with Crippen molar-refractivity contribution in [2.24, 2.45) is 5.92 Å². The van der Waals surface area contributed by atoms with Gasteiger partial charge in [0.15, 0.2) is 0 Å². The number of anilines is 1. The second-order valence-electron chi connectivity index (χ2n) is 8.26. The van der Waals surface area contributed by atoms with E-state index in [9.17, 15) is 9.59 Å². The summed E-state index contributed by atoms with van der Waals surface area (Å²) in [4.78, 5) is 29.8. The molecule has 6 nitrogen and oxygen atoms in total. The van der Waals surface area contributed by atoms with Crippen LogP contribution in [0.1, 0.15) is 50.0 Å². The van der Waals surface area contributed by atoms with Gasteiger partial charge in [0.1, 0.15) is 5.76 Å². The molecule has 2 aromatic rings. The molecule has 3 heterocycles. The van der Waals surface area contributed by atoms with E-state index in [4.69, 9.17) is 4.42 Å². The summed E-state index contributed by atoms with van der Waals surface area (Å²) in [5.74, 6) is 0.544. The van der Waals surface area contributed by atoms with Gasteiger partial charge in [-0.25, -0.2) is 0 Å². The third kappa shape index (κ3) is 4.43. The number of rotatable bonds is 7. The van der Waals surface area contributed by atoms with Crippen molar-refractivity contribution in [2.45, 2.75) is 45.1 Å². The first-order valence-corrected chi connectivity index (χ1v) is 11.1. The van der Waals surface area contributed by atoms with Crippen LogP contribution in [-0.2, 0) is 16.0 Å². The summed E-state index contributed by atoms with van der Waals surface area (Å²) in [5, 5.41) is 3.11. The molecule has 0 spiro atoms. The van der Waals surface area contributed by atoms with Crippen LogP contribution in [0.3, 0.4) is 0 Å². The number of hydrogen-bond donors (Lipinski definition) is 1. The number of carbonyl (C=O) groups excluding carboxylic acids is 2. The van der Waals surface area contributed by atoms with Crippen LogP contribution in [-0.4, -0.2) is 42.9 Å². The Morgan fingerprint density at radius 2 is 1.97 bits per heavy atom. The van der Waals surface area contributed by atoms with Gasteiger partial charge in [0.2, 0.25) is 11.8 Å². The molecule has 0 bridgehead atoms. The van der Waals surface area contributed by atoms with E-state index in [1.165, 1.54) is 19.3 Å². The smallest absolute Gasteiger partial charge is 0.227 e. The predicted octanol–water partition coefficient (Wildman–Crippen LogP) is 3.54. The quantitative estimate of drug-likeness (QED) is 0.760. The van der Waals surface area contributed by atoms with Gasteiger partial charge in [-0.15, -0.1) is 0 Å². The number of piperidine rings is 1. The van der Waals surface area contributed by atoms with Crippen LogP contribution >= 0.6 is 0 Å². The van der Waals surface area contributed by atoms with Gasteiger partial charge in [0.05, 0.1) is 18.2 Å². The van der Waals surface area contributed by atoms with Crippen LogP contribution in [0.5, 0.6) is 0 Å². The van der Waals surface area contributed by atoms with E-state index in [0.29, 0.717) is 13.1 Å². The molecule has 2 atom stereocenters. The summed E-state index contributed by atoms with van der Waals surface area (Å²) in [7, 11) is 0. The lowest BCUT2D eigenvalue weighted by Crippen LogP contribution is -2.42. The van der Waals surface area contributed by atoms with Crippen molar-refractivity contribution in [2.75, 3.05) is 31.1 Å². The van der Waals surface area contributed by atoms with E-state index in [0.717, 1.165) is 36.5 Å². The maximum atomic E-state index is 12.9. The van der Waals surface area contributed by atoms with Gasteiger partial charge in [-0.1, -0.05) is 31.5 Å². The number of nitrogens with one attached hydrogen (secondary N) is 1. The van der Waals surface area contributed by atoms with E-state index in [1.54, 1.807) is 11.2 Å². The molecular formula is C24H31N3O3. The lowest BCUT2D eigenvalue weighted by atomic mass is 10.1. The Morgan fingerprint density at radius 3 is 2.70 bits per heavy atom. The Hall–Kier alpha value is -2.60. The van der Waals surface area contributed by atoms with Gasteiger partial charge >= 0.3 is 0 Å². The maximum Gasteiger partial charge on any atom is 0.227 e. The van der Waals surface area contributed by atoms with Crippen molar-refractivity contribution >= 4 is 17.5 Å². The normalized spacial score (nSPS) is 21.0. The molecule has 1 N–H and O–H groups in total. The molecule has 0 radical (unpaired) electrons. The number of benzene rings is 1. The fourth-order valence-corrected chi connectivity index (χ4v) is 4.65. The van der Waals surface area contributed by atoms with E-state index in [1.807, 2.05) is 36.4 Å². The molecule has 1 aromatic carbocycles. The average Bonchev–Trinajstić information content (AvgIpc) is 3.44. The van der Waals surface area contributed by atoms with Crippen LogP contribution in [0, 0.1) is 5.92 Å². The molecule has 2 fully saturated rings. The first kappa shape index (κ1) is 20.7. The van der Waals surface area contributed by atoms with Crippen LogP contribution in [0.25, 0.3) is 0 Å². The third-order valence-corrected chi connectivity index (χ3v) is 6.33. The summed E-state index contributed by atoms with van der Waals surface area (Å²) in [6, 6.07) is 11.9. The Labute approximate surface area is 178 Å². The van der Waals surface area contributed by atoms with Crippen molar-refractivity contribution < 1.29 is 14.0 Å². The molecule has 2 aliphatic heterocycles. The molecule has 2 amide bonds. The molecular weight excluding hydrogens is 378 g/mol. The fraction of sp³-hybridized carbons (Fsp3) is 0.500. The van der Waals surface area contributed by atoms with E-state index in [2.05, 4.69) is 17.1 Å². The van der Waals surface area contributed by atoms with Gasteiger partial charge in [-0.3, -0.25) is 14.5 Å². The molecule has 1 aromatic heterocycles. The number of para-hydroxylation sites is 1. The number of hydrogen-bond acceptors (Lipinski definition) is 4. The highest BCUT2D eigenvalue weighted by molar-refractivity contribution is 6.00. The molecule has 2 saturated heterocycles. The lowest BCUT2D eigenvalue weighted by molar-refractivity contribution is -0.126. The monoisotopic (exact) mass is 409 g/mol. The molecule has 2 aliphatic rings. The first-order valence-electron chi connectivity index (χ1n) is 11.1. The molecule has 0 aliphatic carbocycles. The van der Waals surface area contributed by atoms with Gasteiger partial charge in [0, 0.05) is 25.2 Å². The van der Waals surface area contributed by atoms with Crippen LogP contribution < -0.4 is 10.2 Å². The minimum absolute atomic E-state index is 0.0228. The highest BCUT2D eigenvalue weighted by atomic mass is 16.3. The highest BCUT2D eigenvalue weighted by Gasteiger charge is 2.36. The minimum Gasteiger partial charge on any atom is -0.468 e. The summed E-state index contributed by atoms with van der Waals surface area (Å²) >= 11 is 0. The number of nitrogens with zero attached hydrogens (tertiary/aromatic N) is 2. The Balaban J connectivity index is 1.40. The first-order chi connectivity index (χ1) is 14.7. The zero-order chi connectivity index (χ0) is 20.9. The molecule has 30 heavy (non-hydrogen) atoms. The van der Waals surface area contributed by atoms with Crippen LogP contribution in [0.15, 0.2) is 47.1 Å². The van der Waals surface area contributed by atoms with Gasteiger partial charge < -0.3 is 14.6 Å². The van der Waals surface area contributed by atoms with Crippen molar-refractivity contribution in [3.05, 3.63) is 54.0 Å². The minimum atomic E-state index is -0.319. The summed E-state index contributed by atoms with van der Waals surface area (Å²) in [6.45, 7) is 5.06. The van der Waals surface area contributed by atoms with Crippen molar-refractivity contribution in [3.8, 4) is 0 Å². The standard InChI is InChI=1S/C24H31N3O3/c1-2-18-9-4-5-10-20(18)27-17-19(15-23(27)28)24(29)25-16-21(22-11-8-14-30-22)26-12-6-3-7-13-26/h4-5,8-11,14,19,21H,2-3,6-7,12-13,15-17H2,1H3,(H,25,29). The van der Waals surface area contributed by atoms with Crippen molar-refractivity contribution in [1.29, 1.82) is 0 Å². The van der Waals surface area contributed by atoms with Gasteiger partial charge in [-0.2, -0.15) is 0 Å². The molecule has 2 unspecified atom stereocenters. The second-order valence-corrected chi connectivity index (χ2v) is 8.26. The number of carbonyl (C=O) groups is 2. The molecule has 0 saturated carbocycles. The number of likely N-dealkylation sites (tertiary alicyclic amines) is 1. The van der Waals surface area contributed by atoms with E-state index >= 15 is 0 Å². The highest BCUT2D eigenvalue weighted by Crippen LogP contribution is 2.29. The molecule has 4 rings (SSSR count).